The van der Waals surface area contributed by atoms with E-state index in [2.05, 4.69) is 25.9 Å². The Morgan fingerprint density at radius 2 is 1.62 bits per heavy atom. The molecule has 13 heteroatoms. The molecule has 0 aliphatic rings. The molecule has 0 radical (unpaired) electrons. The molecule has 8 N–H and O–H groups in total. The first-order valence-corrected chi connectivity index (χ1v) is 9.99. The number of amides is 3. The summed E-state index contributed by atoms with van der Waals surface area (Å²) in [7, 11) is 0. The van der Waals surface area contributed by atoms with Gasteiger partial charge in [-0.25, -0.2) is 9.78 Å². The number of carboxylic acids is 2. The average molecular weight is 454 g/mol. The van der Waals surface area contributed by atoms with Gasteiger partial charge in [-0.05, 0) is 19.3 Å². The molecular weight excluding hydrogens is 424 g/mol. The second-order valence-corrected chi connectivity index (χ2v) is 7.81. The predicted octanol–water partition coefficient (Wildman–Crippen LogP) is -1.64. The Bertz CT molecular complexity index is 811. The molecule has 13 nitrogen and oxygen atoms in total. The maximum Gasteiger partial charge on any atom is 0.326 e. The van der Waals surface area contributed by atoms with Crippen LogP contribution in [-0.2, 0) is 30.4 Å². The summed E-state index contributed by atoms with van der Waals surface area (Å²) >= 11 is 0. The zero-order valence-corrected chi connectivity index (χ0v) is 18.1. The number of imidazole rings is 1. The quantitative estimate of drug-likeness (QED) is 0.181. The van der Waals surface area contributed by atoms with Crippen LogP contribution in [0.4, 0.5) is 0 Å². The number of hydrogen-bond acceptors (Lipinski definition) is 7. The van der Waals surface area contributed by atoms with Crippen LogP contribution in [-0.4, -0.2) is 74.0 Å². The second-order valence-electron chi connectivity index (χ2n) is 7.81. The third-order valence-corrected chi connectivity index (χ3v) is 4.42. The van der Waals surface area contributed by atoms with Crippen LogP contribution in [0.1, 0.15) is 39.3 Å². The first-order chi connectivity index (χ1) is 14.9. The Kier molecular flexibility index (Phi) is 10.3. The van der Waals surface area contributed by atoms with Gasteiger partial charge in [0.1, 0.15) is 18.1 Å². The predicted molar refractivity (Wildman–Crippen MR) is 111 cm³/mol. The summed E-state index contributed by atoms with van der Waals surface area (Å²) in [6.45, 7) is 4.90. The number of nitrogens with two attached hydrogens (primary N) is 1. The molecule has 0 saturated carbocycles. The lowest BCUT2D eigenvalue weighted by molar-refractivity contribution is -0.143. The van der Waals surface area contributed by atoms with Crippen molar-refractivity contribution in [3.63, 3.8) is 0 Å². The molecule has 1 rings (SSSR count). The minimum atomic E-state index is -1.49. The van der Waals surface area contributed by atoms with E-state index in [1.54, 1.807) is 13.8 Å². The highest BCUT2D eigenvalue weighted by molar-refractivity contribution is 5.95. The summed E-state index contributed by atoms with van der Waals surface area (Å²) in [6, 6.07) is -4.89. The molecular formula is C19H30N6O7. The molecule has 1 aromatic rings. The minimum absolute atomic E-state index is 0.00224. The van der Waals surface area contributed by atoms with Crippen LogP contribution in [0.25, 0.3) is 0 Å². The molecule has 0 fully saturated rings. The number of carboxylic acid groups (broad SMARTS) is 2. The van der Waals surface area contributed by atoms with Crippen LogP contribution >= 0.6 is 0 Å². The van der Waals surface area contributed by atoms with Gasteiger partial charge in [-0.1, -0.05) is 13.8 Å². The van der Waals surface area contributed by atoms with Crippen molar-refractivity contribution in [1.29, 1.82) is 0 Å². The maximum atomic E-state index is 12.5. The number of aromatic nitrogens is 2. The summed E-state index contributed by atoms with van der Waals surface area (Å²) in [5, 5.41) is 25.2. The summed E-state index contributed by atoms with van der Waals surface area (Å²) in [6.07, 6.45) is 2.40. The minimum Gasteiger partial charge on any atom is -0.481 e. The lowest BCUT2D eigenvalue weighted by Gasteiger charge is -2.23. The number of carbonyl (C=O) groups is 5. The van der Waals surface area contributed by atoms with Crippen molar-refractivity contribution in [3.05, 3.63) is 18.2 Å². The summed E-state index contributed by atoms with van der Waals surface area (Å²) < 4.78 is 0. The standard InChI is InChI=1S/C19H30N6O7/c1-9(2)4-14(19(31)32)25-16(28)10(3)23-18(30)13(6-15(26)27)24-17(29)12(20)5-11-7-21-8-22-11/h7-10,12-14H,4-6,20H2,1-3H3,(H,21,22)(H,23,30)(H,24,29)(H,25,28)(H,26,27)(H,31,32). The fraction of sp³-hybridized carbons (Fsp3) is 0.579. The molecule has 0 aromatic carbocycles. The Balaban J connectivity index is 2.75. The van der Waals surface area contributed by atoms with Crippen molar-refractivity contribution in [3.8, 4) is 0 Å². The van der Waals surface area contributed by atoms with Crippen molar-refractivity contribution >= 4 is 29.7 Å². The van der Waals surface area contributed by atoms with Gasteiger partial charge in [0.15, 0.2) is 0 Å². The maximum absolute atomic E-state index is 12.5. The van der Waals surface area contributed by atoms with E-state index in [4.69, 9.17) is 10.8 Å². The highest BCUT2D eigenvalue weighted by atomic mass is 16.4. The monoisotopic (exact) mass is 454 g/mol. The Morgan fingerprint density at radius 1 is 1.00 bits per heavy atom. The molecule has 0 aliphatic heterocycles. The number of nitrogens with one attached hydrogen (secondary N) is 4. The average Bonchev–Trinajstić information content (AvgIpc) is 3.18. The number of nitrogens with zero attached hydrogens (tertiary/aromatic N) is 1. The summed E-state index contributed by atoms with van der Waals surface area (Å²) in [4.78, 5) is 66.2. The third kappa shape index (κ3) is 9.12. The highest BCUT2D eigenvalue weighted by Gasteiger charge is 2.30. The smallest absolute Gasteiger partial charge is 0.326 e. The molecule has 1 aromatic heterocycles. The molecule has 178 valence electrons. The lowest BCUT2D eigenvalue weighted by Crippen LogP contribution is -2.57. The Morgan fingerprint density at radius 3 is 2.12 bits per heavy atom. The fourth-order valence-electron chi connectivity index (χ4n) is 2.76. The van der Waals surface area contributed by atoms with Gasteiger partial charge in [-0.15, -0.1) is 0 Å². The van der Waals surface area contributed by atoms with Crippen LogP contribution in [0.2, 0.25) is 0 Å². The van der Waals surface area contributed by atoms with E-state index in [0.717, 1.165) is 0 Å². The van der Waals surface area contributed by atoms with Gasteiger partial charge >= 0.3 is 11.9 Å². The Hall–Kier alpha value is -3.48. The van der Waals surface area contributed by atoms with Crippen LogP contribution in [0.3, 0.4) is 0 Å². The van der Waals surface area contributed by atoms with Crippen LogP contribution < -0.4 is 21.7 Å². The van der Waals surface area contributed by atoms with E-state index >= 15 is 0 Å². The number of carbonyl (C=O) groups excluding carboxylic acids is 3. The van der Waals surface area contributed by atoms with Crippen molar-refractivity contribution in [2.24, 2.45) is 11.7 Å². The number of aliphatic carboxylic acids is 2. The van der Waals surface area contributed by atoms with Gasteiger partial charge < -0.3 is 36.9 Å². The van der Waals surface area contributed by atoms with E-state index in [-0.39, 0.29) is 18.8 Å². The number of rotatable bonds is 13. The van der Waals surface area contributed by atoms with Crippen LogP contribution in [0.5, 0.6) is 0 Å². The zero-order chi connectivity index (χ0) is 24.4. The van der Waals surface area contributed by atoms with Crippen molar-refractivity contribution in [1.82, 2.24) is 25.9 Å². The van der Waals surface area contributed by atoms with Gasteiger partial charge in [0, 0.05) is 18.3 Å². The molecule has 3 amide bonds. The van der Waals surface area contributed by atoms with E-state index in [9.17, 15) is 29.1 Å². The van der Waals surface area contributed by atoms with Crippen molar-refractivity contribution in [2.75, 3.05) is 0 Å². The second kappa shape index (κ2) is 12.4. The van der Waals surface area contributed by atoms with Gasteiger partial charge in [0.2, 0.25) is 17.7 Å². The SMILES string of the molecule is CC(C)CC(NC(=O)C(C)NC(=O)C(CC(=O)O)NC(=O)C(N)Cc1cnc[nH]1)C(=O)O. The van der Waals surface area contributed by atoms with Gasteiger partial charge in [0.05, 0.1) is 18.8 Å². The largest absolute Gasteiger partial charge is 0.481 e. The zero-order valence-electron chi connectivity index (χ0n) is 18.1. The number of aromatic amines is 1. The molecule has 4 atom stereocenters. The van der Waals surface area contributed by atoms with Gasteiger partial charge in [0.25, 0.3) is 0 Å². The lowest BCUT2D eigenvalue weighted by atomic mass is 10.0. The van der Waals surface area contributed by atoms with Crippen LogP contribution in [0.15, 0.2) is 12.5 Å². The molecule has 0 bridgehead atoms. The van der Waals surface area contributed by atoms with E-state index in [1.807, 2.05) is 0 Å². The van der Waals surface area contributed by atoms with E-state index in [1.165, 1.54) is 19.4 Å². The molecule has 32 heavy (non-hydrogen) atoms. The molecule has 4 unspecified atom stereocenters. The van der Waals surface area contributed by atoms with E-state index in [0.29, 0.717) is 5.69 Å². The molecule has 0 aliphatic carbocycles. The number of hydrogen-bond donors (Lipinski definition) is 7. The Labute approximate surface area is 184 Å². The number of H-pyrrole nitrogens is 1. The normalized spacial score (nSPS) is 14.7. The van der Waals surface area contributed by atoms with Crippen LogP contribution in [0, 0.1) is 5.92 Å². The summed E-state index contributed by atoms with van der Waals surface area (Å²) in [5.41, 5.74) is 6.38. The van der Waals surface area contributed by atoms with Gasteiger partial charge in [-0.3, -0.25) is 19.2 Å². The fourth-order valence-corrected chi connectivity index (χ4v) is 2.76. The summed E-state index contributed by atoms with van der Waals surface area (Å²) in [5.74, 6) is -5.01. The van der Waals surface area contributed by atoms with Crippen molar-refractivity contribution < 1.29 is 34.2 Å². The van der Waals surface area contributed by atoms with E-state index < -0.39 is 60.2 Å². The van der Waals surface area contributed by atoms with Crippen molar-refractivity contribution in [2.45, 2.75) is 64.2 Å². The third-order valence-electron chi connectivity index (χ3n) is 4.42. The highest BCUT2D eigenvalue weighted by Crippen LogP contribution is 2.05. The molecule has 0 saturated heterocycles. The topological polar surface area (TPSA) is 217 Å². The van der Waals surface area contributed by atoms with Gasteiger partial charge in [-0.2, -0.15) is 0 Å². The molecule has 1 heterocycles. The first kappa shape index (κ1) is 26.6. The molecule has 0 spiro atoms. The first-order valence-electron chi connectivity index (χ1n) is 9.99.